The third-order valence-electron chi connectivity index (χ3n) is 3.88. The van der Waals surface area contributed by atoms with Crippen LogP contribution in [0.5, 0.6) is 11.5 Å². The number of aromatic hydroxyl groups is 1. The molecule has 3 N–H and O–H groups in total. The molecule has 0 saturated heterocycles. The topological polar surface area (TPSA) is 65.9 Å². The Bertz CT molecular complexity index is 838. The van der Waals surface area contributed by atoms with E-state index in [1.807, 2.05) is 0 Å². The Hall–Kier alpha value is -2.97. The normalized spacial score (nSPS) is 12.0. The Kier molecular flexibility index (Phi) is 7.08. The fourth-order valence-corrected chi connectivity index (χ4v) is 2.51. The Morgan fingerprint density at radius 3 is 2.54 bits per heavy atom. The molecule has 0 bridgehead atoms. The minimum atomic E-state index is -4.67. The number of rotatable bonds is 6. The van der Waals surface area contributed by atoms with Gasteiger partial charge in [0, 0.05) is 18.7 Å². The number of nitrogens with one attached hydrogen (secondary N) is 2. The molecule has 0 heterocycles. The summed E-state index contributed by atoms with van der Waals surface area (Å²) in [5, 5.41) is 15.8. The van der Waals surface area contributed by atoms with Crippen molar-refractivity contribution in [3.8, 4) is 11.5 Å². The highest BCUT2D eigenvalue weighted by Crippen LogP contribution is 2.32. The van der Waals surface area contributed by atoms with Gasteiger partial charge in [0.2, 0.25) is 0 Å². The van der Waals surface area contributed by atoms with E-state index in [4.69, 9.17) is 4.74 Å². The van der Waals surface area contributed by atoms with Crippen LogP contribution in [-0.2, 0) is 19.3 Å². The number of benzene rings is 2. The average molecular weight is 399 g/mol. The molecule has 0 radical (unpaired) electrons. The van der Waals surface area contributed by atoms with Gasteiger partial charge in [0.25, 0.3) is 0 Å². The Labute approximate surface area is 160 Å². The lowest BCUT2D eigenvalue weighted by atomic mass is 10.1. The first kappa shape index (κ1) is 21.3. The molecule has 0 atom stereocenters. The molecule has 0 aliphatic heterocycles. The maximum absolute atomic E-state index is 13.2. The van der Waals surface area contributed by atoms with Gasteiger partial charge in [0.15, 0.2) is 17.5 Å². The van der Waals surface area contributed by atoms with Crippen LogP contribution in [0.15, 0.2) is 41.4 Å². The molecule has 0 aromatic heterocycles. The molecule has 0 amide bonds. The lowest BCUT2D eigenvalue weighted by Crippen LogP contribution is -2.37. The van der Waals surface area contributed by atoms with Gasteiger partial charge < -0.3 is 20.5 Å². The number of phenolic OH excluding ortho intramolecular Hbond substituents is 1. The largest absolute Gasteiger partial charge is 0.504 e. The molecule has 0 aliphatic carbocycles. The van der Waals surface area contributed by atoms with Crippen molar-refractivity contribution in [1.29, 1.82) is 0 Å². The highest BCUT2D eigenvalue weighted by molar-refractivity contribution is 5.79. The van der Waals surface area contributed by atoms with Crippen LogP contribution < -0.4 is 15.4 Å². The van der Waals surface area contributed by atoms with Crippen LogP contribution in [0.25, 0.3) is 0 Å². The summed E-state index contributed by atoms with van der Waals surface area (Å²) in [7, 11) is 1.43. The van der Waals surface area contributed by atoms with Crippen LogP contribution in [0, 0.1) is 5.82 Å². The van der Waals surface area contributed by atoms with E-state index in [0.29, 0.717) is 23.9 Å². The summed E-state index contributed by atoms with van der Waals surface area (Å²) in [5.41, 5.74) is -0.653. The van der Waals surface area contributed by atoms with Crippen LogP contribution >= 0.6 is 0 Å². The quantitative estimate of drug-likeness (QED) is 0.393. The van der Waals surface area contributed by atoms with E-state index in [1.165, 1.54) is 7.11 Å². The lowest BCUT2D eigenvalue weighted by Gasteiger charge is -2.16. The van der Waals surface area contributed by atoms with Crippen molar-refractivity contribution in [3.05, 3.63) is 58.9 Å². The van der Waals surface area contributed by atoms with Crippen LogP contribution in [0.2, 0.25) is 0 Å². The molecule has 2 aromatic carbocycles. The smallest absolute Gasteiger partial charge is 0.416 e. The summed E-state index contributed by atoms with van der Waals surface area (Å²) in [6.07, 6.45) is -4.67. The van der Waals surface area contributed by atoms with Crippen molar-refractivity contribution in [3.63, 3.8) is 0 Å². The van der Waals surface area contributed by atoms with Crippen molar-refractivity contribution >= 4 is 5.96 Å². The number of aliphatic imine (C=N–C) groups is 1. The number of alkyl halides is 3. The fourth-order valence-electron chi connectivity index (χ4n) is 2.51. The highest BCUT2D eigenvalue weighted by atomic mass is 19.4. The van der Waals surface area contributed by atoms with E-state index in [2.05, 4.69) is 15.6 Å². The average Bonchev–Trinajstić information content (AvgIpc) is 2.65. The van der Waals surface area contributed by atoms with Crippen molar-refractivity contribution in [1.82, 2.24) is 10.6 Å². The van der Waals surface area contributed by atoms with E-state index in [1.54, 1.807) is 25.1 Å². The number of methoxy groups -OCH3 is 1. The second-order valence-electron chi connectivity index (χ2n) is 5.82. The van der Waals surface area contributed by atoms with E-state index >= 15 is 0 Å². The SMILES string of the molecule is CCNC(=NCc1cccc(OC)c1O)NCc1ccc(F)cc1C(F)(F)F. The van der Waals surface area contributed by atoms with Gasteiger partial charge in [-0.2, -0.15) is 13.2 Å². The molecule has 152 valence electrons. The third-order valence-corrected chi connectivity index (χ3v) is 3.88. The van der Waals surface area contributed by atoms with Gasteiger partial charge in [-0.3, -0.25) is 0 Å². The zero-order valence-corrected chi connectivity index (χ0v) is 15.4. The minimum absolute atomic E-state index is 0.0532. The molecular weight excluding hydrogens is 378 g/mol. The van der Waals surface area contributed by atoms with Gasteiger partial charge in [-0.05, 0) is 30.7 Å². The van der Waals surface area contributed by atoms with Gasteiger partial charge in [-0.25, -0.2) is 9.38 Å². The Balaban J connectivity index is 2.17. The lowest BCUT2D eigenvalue weighted by molar-refractivity contribution is -0.138. The van der Waals surface area contributed by atoms with Gasteiger partial charge >= 0.3 is 6.18 Å². The van der Waals surface area contributed by atoms with Crippen LogP contribution in [-0.4, -0.2) is 24.7 Å². The highest BCUT2D eigenvalue weighted by Gasteiger charge is 2.33. The number of hydrogen-bond acceptors (Lipinski definition) is 3. The van der Waals surface area contributed by atoms with E-state index < -0.39 is 17.6 Å². The first-order valence-corrected chi connectivity index (χ1v) is 8.49. The predicted molar refractivity (Wildman–Crippen MR) is 97.7 cm³/mol. The second-order valence-corrected chi connectivity index (χ2v) is 5.82. The van der Waals surface area contributed by atoms with Gasteiger partial charge in [-0.1, -0.05) is 18.2 Å². The van der Waals surface area contributed by atoms with Gasteiger partial charge in [0.05, 0.1) is 19.2 Å². The van der Waals surface area contributed by atoms with E-state index in [0.717, 1.165) is 12.1 Å². The summed E-state index contributed by atoms with van der Waals surface area (Å²) in [4.78, 5) is 4.27. The summed E-state index contributed by atoms with van der Waals surface area (Å²) in [5.74, 6) is -0.457. The molecule has 2 aromatic rings. The Morgan fingerprint density at radius 1 is 1.14 bits per heavy atom. The molecule has 0 saturated carbocycles. The van der Waals surface area contributed by atoms with Crippen LogP contribution in [0.3, 0.4) is 0 Å². The van der Waals surface area contributed by atoms with Gasteiger partial charge in [-0.15, -0.1) is 0 Å². The second kappa shape index (κ2) is 9.29. The number of nitrogens with zero attached hydrogens (tertiary/aromatic N) is 1. The number of halogens is 4. The first-order chi connectivity index (χ1) is 13.3. The van der Waals surface area contributed by atoms with Gasteiger partial charge in [0.1, 0.15) is 5.82 Å². The maximum Gasteiger partial charge on any atom is 0.416 e. The van der Waals surface area contributed by atoms with Crippen molar-refractivity contribution in [2.75, 3.05) is 13.7 Å². The standard InChI is InChI=1S/C19H21F4N3O2/c1-3-24-18(26-11-13-5-4-6-16(28-2)17(13)27)25-10-12-7-8-14(20)9-15(12)19(21,22)23/h4-9,27H,3,10-11H2,1-2H3,(H2,24,25,26). The molecule has 9 heteroatoms. The van der Waals surface area contributed by atoms with E-state index in [-0.39, 0.29) is 30.4 Å². The number of hydrogen-bond donors (Lipinski definition) is 3. The summed E-state index contributed by atoms with van der Waals surface area (Å²) in [6.45, 7) is 2.16. The van der Waals surface area contributed by atoms with Crippen molar-refractivity contribution < 1.29 is 27.4 Å². The number of phenols is 1. The molecule has 0 spiro atoms. The zero-order valence-electron chi connectivity index (χ0n) is 15.4. The van der Waals surface area contributed by atoms with Crippen LogP contribution in [0.4, 0.5) is 17.6 Å². The monoisotopic (exact) mass is 399 g/mol. The molecule has 0 aliphatic rings. The maximum atomic E-state index is 13.2. The molecule has 2 rings (SSSR count). The third kappa shape index (κ3) is 5.51. The fraction of sp³-hybridized carbons (Fsp3) is 0.316. The summed E-state index contributed by atoms with van der Waals surface area (Å²) >= 11 is 0. The van der Waals surface area contributed by atoms with Crippen molar-refractivity contribution in [2.24, 2.45) is 4.99 Å². The minimum Gasteiger partial charge on any atom is -0.504 e. The molecule has 0 fully saturated rings. The van der Waals surface area contributed by atoms with Crippen molar-refractivity contribution in [2.45, 2.75) is 26.2 Å². The first-order valence-electron chi connectivity index (χ1n) is 8.49. The van der Waals surface area contributed by atoms with Crippen LogP contribution in [0.1, 0.15) is 23.6 Å². The molecule has 28 heavy (non-hydrogen) atoms. The summed E-state index contributed by atoms with van der Waals surface area (Å²) in [6, 6.07) is 7.48. The predicted octanol–water partition coefficient (Wildman–Crippen LogP) is 3.81. The van der Waals surface area contributed by atoms with E-state index in [9.17, 15) is 22.7 Å². The summed E-state index contributed by atoms with van der Waals surface area (Å²) < 4.78 is 57.6. The zero-order chi connectivity index (χ0) is 20.7. The molecule has 0 unspecified atom stereocenters. The Morgan fingerprint density at radius 2 is 1.89 bits per heavy atom. The number of guanidine groups is 1. The molecular formula is C19H21F4N3O2. The number of para-hydroxylation sites is 1. The molecule has 5 nitrogen and oxygen atoms in total. The number of ether oxygens (including phenoxy) is 1.